The second-order valence-corrected chi connectivity index (χ2v) is 5.84. The van der Waals surface area contributed by atoms with Crippen LogP contribution < -0.4 is 10.6 Å². The van der Waals surface area contributed by atoms with E-state index in [1.807, 2.05) is 0 Å². The van der Waals surface area contributed by atoms with Gasteiger partial charge < -0.3 is 15.7 Å². The number of hydrogen-bond donors (Lipinski definition) is 3. The summed E-state index contributed by atoms with van der Waals surface area (Å²) in [5, 5.41) is 14.9. The molecule has 1 aromatic carbocycles. The maximum atomic E-state index is 12.0. The van der Waals surface area contributed by atoms with E-state index in [1.165, 1.54) is 6.07 Å². The summed E-state index contributed by atoms with van der Waals surface area (Å²) in [5.41, 5.74) is 0.564. The predicted molar refractivity (Wildman–Crippen MR) is 80.9 cm³/mol. The van der Waals surface area contributed by atoms with Crippen LogP contribution in [0.5, 0.6) is 0 Å². The van der Waals surface area contributed by atoms with Gasteiger partial charge in [-0.05, 0) is 24.1 Å². The number of benzene rings is 1. The Hall–Kier alpha value is -1.79. The van der Waals surface area contributed by atoms with Crippen molar-refractivity contribution in [2.45, 2.75) is 31.3 Å². The molecule has 8 heteroatoms. The van der Waals surface area contributed by atoms with Gasteiger partial charge in [-0.15, -0.1) is 0 Å². The van der Waals surface area contributed by atoms with Crippen LogP contribution in [0.2, 0.25) is 10.0 Å². The van der Waals surface area contributed by atoms with Crippen molar-refractivity contribution in [3.8, 4) is 0 Å². The lowest BCUT2D eigenvalue weighted by atomic mass is 10.1. The second kappa shape index (κ2) is 6.98. The van der Waals surface area contributed by atoms with Crippen LogP contribution in [-0.2, 0) is 20.8 Å². The molecule has 118 valence electrons. The van der Waals surface area contributed by atoms with Crippen LogP contribution in [0.4, 0.5) is 0 Å². The zero-order valence-electron chi connectivity index (χ0n) is 11.4. The molecule has 1 saturated heterocycles. The number of carboxylic acids is 1. The highest BCUT2D eigenvalue weighted by molar-refractivity contribution is 6.35. The number of halogens is 2. The van der Waals surface area contributed by atoms with Crippen LogP contribution in [0.25, 0.3) is 0 Å². The van der Waals surface area contributed by atoms with E-state index >= 15 is 0 Å². The third kappa shape index (κ3) is 4.11. The van der Waals surface area contributed by atoms with Crippen molar-refractivity contribution in [2.75, 3.05) is 0 Å². The van der Waals surface area contributed by atoms with Crippen LogP contribution in [-0.4, -0.2) is 35.0 Å². The summed E-state index contributed by atoms with van der Waals surface area (Å²) in [7, 11) is 0. The molecule has 1 aromatic rings. The maximum absolute atomic E-state index is 12.0. The smallest absolute Gasteiger partial charge is 0.326 e. The molecule has 0 saturated carbocycles. The van der Waals surface area contributed by atoms with E-state index in [4.69, 9.17) is 23.2 Å². The van der Waals surface area contributed by atoms with Gasteiger partial charge in [0, 0.05) is 22.9 Å². The van der Waals surface area contributed by atoms with E-state index in [2.05, 4.69) is 10.6 Å². The number of amides is 2. The van der Waals surface area contributed by atoms with Gasteiger partial charge in [-0.25, -0.2) is 4.79 Å². The first-order valence-corrected chi connectivity index (χ1v) is 7.39. The van der Waals surface area contributed by atoms with E-state index in [9.17, 15) is 19.5 Å². The molecular weight excluding hydrogens is 331 g/mol. The van der Waals surface area contributed by atoms with Crippen molar-refractivity contribution in [3.63, 3.8) is 0 Å². The molecule has 0 aliphatic carbocycles. The van der Waals surface area contributed by atoms with Crippen LogP contribution in [0.1, 0.15) is 18.4 Å². The Labute approximate surface area is 136 Å². The number of aliphatic carboxylic acids is 1. The average molecular weight is 345 g/mol. The maximum Gasteiger partial charge on any atom is 0.326 e. The Morgan fingerprint density at radius 2 is 2.14 bits per heavy atom. The standard InChI is InChI=1S/C14H14Cl2N2O4/c15-8-2-1-7(9(16)6-8)5-11(14(21)22)18-13(20)10-3-4-12(19)17-10/h1-2,6,10-11H,3-5H2,(H,17,19)(H,18,20)(H,21,22)/t10-,11-/m0/s1. The first kappa shape index (κ1) is 16.6. The van der Waals surface area contributed by atoms with Gasteiger partial charge in [-0.1, -0.05) is 29.3 Å². The summed E-state index contributed by atoms with van der Waals surface area (Å²) >= 11 is 11.8. The Kier molecular flexibility index (Phi) is 5.26. The minimum absolute atomic E-state index is 0.0255. The SMILES string of the molecule is O=C1CC[C@@H](C(=O)N[C@@H](Cc2ccc(Cl)cc2Cl)C(=O)O)N1. The fourth-order valence-electron chi connectivity index (χ4n) is 2.19. The van der Waals surface area contributed by atoms with Crippen LogP contribution in [0, 0.1) is 0 Å². The van der Waals surface area contributed by atoms with Gasteiger partial charge in [0.15, 0.2) is 0 Å². The minimum atomic E-state index is -1.18. The highest BCUT2D eigenvalue weighted by Gasteiger charge is 2.30. The summed E-state index contributed by atoms with van der Waals surface area (Å²) in [4.78, 5) is 34.4. The largest absolute Gasteiger partial charge is 0.480 e. The Balaban J connectivity index is 2.05. The van der Waals surface area contributed by atoms with Crippen LogP contribution in [0.15, 0.2) is 18.2 Å². The zero-order valence-corrected chi connectivity index (χ0v) is 12.9. The van der Waals surface area contributed by atoms with Crippen molar-refractivity contribution in [2.24, 2.45) is 0 Å². The van der Waals surface area contributed by atoms with Crippen LogP contribution in [0.3, 0.4) is 0 Å². The molecule has 2 amide bonds. The molecule has 0 spiro atoms. The number of carboxylic acid groups (broad SMARTS) is 1. The molecule has 0 unspecified atom stereocenters. The molecule has 0 aromatic heterocycles. The molecule has 3 N–H and O–H groups in total. The summed E-state index contributed by atoms with van der Waals surface area (Å²) in [6.07, 6.45) is 0.648. The summed E-state index contributed by atoms with van der Waals surface area (Å²) < 4.78 is 0. The highest BCUT2D eigenvalue weighted by atomic mass is 35.5. The van der Waals surface area contributed by atoms with Gasteiger partial charge in [-0.2, -0.15) is 0 Å². The number of nitrogens with one attached hydrogen (secondary N) is 2. The molecule has 22 heavy (non-hydrogen) atoms. The lowest BCUT2D eigenvalue weighted by molar-refractivity contribution is -0.142. The minimum Gasteiger partial charge on any atom is -0.480 e. The molecule has 6 nitrogen and oxygen atoms in total. The number of rotatable bonds is 5. The van der Waals surface area contributed by atoms with Gasteiger partial charge in [-0.3, -0.25) is 9.59 Å². The molecule has 1 fully saturated rings. The van der Waals surface area contributed by atoms with Gasteiger partial charge in [0.2, 0.25) is 11.8 Å². The van der Waals surface area contributed by atoms with Gasteiger partial charge in [0.25, 0.3) is 0 Å². The molecule has 1 aliphatic heterocycles. The van der Waals surface area contributed by atoms with Gasteiger partial charge in [0.05, 0.1) is 0 Å². The van der Waals surface area contributed by atoms with Gasteiger partial charge in [0.1, 0.15) is 12.1 Å². The van der Waals surface area contributed by atoms with E-state index in [1.54, 1.807) is 12.1 Å². The molecule has 2 rings (SSSR count). The lowest BCUT2D eigenvalue weighted by Gasteiger charge is -2.18. The highest BCUT2D eigenvalue weighted by Crippen LogP contribution is 2.22. The molecule has 2 atom stereocenters. The van der Waals surface area contributed by atoms with Crippen molar-refractivity contribution < 1.29 is 19.5 Å². The molecule has 1 aliphatic rings. The van der Waals surface area contributed by atoms with Crippen molar-refractivity contribution in [3.05, 3.63) is 33.8 Å². The average Bonchev–Trinajstić information content (AvgIpc) is 2.87. The Morgan fingerprint density at radius 1 is 1.41 bits per heavy atom. The normalized spacial score (nSPS) is 18.6. The van der Waals surface area contributed by atoms with E-state index in [-0.39, 0.29) is 18.7 Å². The quantitative estimate of drug-likeness (QED) is 0.751. The number of carbonyl (C=O) groups is 3. The lowest BCUT2D eigenvalue weighted by Crippen LogP contribution is -2.49. The van der Waals surface area contributed by atoms with E-state index < -0.39 is 24.0 Å². The van der Waals surface area contributed by atoms with E-state index in [0.717, 1.165) is 0 Å². The van der Waals surface area contributed by atoms with Crippen LogP contribution >= 0.6 is 23.2 Å². The topological polar surface area (TPSA) is 95.5 Å². The molecule has 0 bridgehead atoms. The van der Waals surface area contributed by atoms with Crippen molar-refractivity contribution in [1.82, 2.24) is 10.6 Å². The Morgan fingerprint density at radius 3 is 2.68 bits per heavy atom. The zero-order chi connectivity index (χ0) is 16.3. The second-order valence-electron chi connectivity index (χ2n) is 5.00. The summed E-state index contributed by atoms with van der Waals surface area (Å²) in [6.45, 7) is 0. The fourth-order valence-corrected chi connectivity index (χ4v) is 2.68. The third-order valence-electron chi connectivity index (χ3n) is 3.37. The number of hydrogen-bond acceptors (Lipinski definition) is 3. The van der Waals surface area contributed by atoms with E-state index in [0.29, 0.717) is 22.0 Å². The predicted octanol–water partition coefficient (Wildman–Crippen LogP) is 1.38. The summed E-state index contributed by atoms with van der Waals surface area (Å²) in [5.74, 6) is -1.90. The third-order valence-corrected chi connectivity index (χ3v) is 3.95. The van der Waals surface area contributed by atoms with Gasteiger partial charge >= 0.3 is 5.97 Å². The molecular formula is C14H14Cl2N2O4. The van der Waals surface area contributed by atoms with Crippen molar-refractivity contribution in [1.29, 1.82) is 0 Å². The first-order chi connectivity index (χ1) is 10.4. The monoisotopic (exact) mass is 344 g/mol. The molecule has 0 radical (unpaired) electrons. The Bertz CT molecular complexity index is 621. The summed E-state index contributed by atoms with van der Waals surface area (Å²) in [6, 6.07) is 2.90. The number of carbonyl (C=O) groups excluding carboxylic acids is 2. The first-order valence-electron chi connectivity index (χ1n) is 6.63. The fraction of sp³-hybridized carbons (Fsp3) is 0.357. The molecule has 1 heterocycles. The van der Waals surface area contributed by atoms with Crippen molar-refractivity contribution >= 4 is 41.0 Å².